The van der Waals surface area contributed by atoms with E-state index in [-0.39, 0.29) is 6.61 Å². The lowest BCUT2D eigenvalue weighted by Crippen LogP contribution is -2.64. The van der Waals surface area contributed by atoms with Gasteiger partial charge in [0, 0.05) is 0 Å². The second kappa shape index (κ2) is 9.36. The molecule has 0 aliphatic carbocycles. The maximum Gasteiger partial charge on any atom is 0.187 e. The zero-order valence-electron chi connectivity index (χ0n) is 13.7. The SMILES string of the molecule is C#CCO[C@@H]1O[C@@H](CO)[C@@H](O[C@@H]2OC(CO)[C@H](O)C(O)[C@@H]2O)C(O)C1O. The van der Waals surface area contributed by atoms with Crippen molar-refractivity contribution < 1.29 is 54.7 Å². The van der Waals surface area contributed by atoms with Crippen LogP contribution in [-0.2, 0) is 18.9 Å². The summed E-state index contributed by atoms with van der Waals surface area (Å²) in [7, 11) is 0. The number of hydrogen-bond donors (Lipinski definition) is 7. The van der Waals surface area contributed by atoms with Crippen molar-refractivity contribution in [1.29, 1.82) is 0 Å². The number of terminal acetylenes is 1. The summed E-state index contributed by atoms with van der Waals surface area (Å²) in [4.78, 5) is 0. The summed E-state index contributed by atoms with van der Waals surface area (Å²) < 4.78 is 20.9. The van der Waals surface area contributed by atoms with Crippen molar-refractivity contribution in [2.45, 2.75) is 61.4 Å². The van der Waals surface area contributed by atoms with Crippen LogP contribution in [0.1, 0.15) is 0 Å². The Kier molecular flexibility index (Phi) is 7.71. The molecule has 0 aromatic carbocycles. The van der Waals surface area contributed by atoms with Crippen LogP contribution >= 0.6 is 0 Å². The molecule has 7 N–H and O–H groups in total. The number of ether oxygens (including phenoxy) is 4. The quantitative estimate of drug-likeness (QED) is 0.220. The maximum absolute atomic E-state index is 10.3. The molecule has 10 atom stereocenters. The Bertz CT molecular complexity index is 479. The summed E-state index contributed by atoms with van der Waals surface area (Å²) in [6.45, 7) is -1.50. The van der Waals surface area contributed by atoms with Gasteiger partial charge in [0.1, 0.15) is 55.4 Å². The van der Waals surface area contributed by atoms with Gasteiger partial charge in [-0.1, -0.05) is 5.92 Å². The summed E-state index contributed by atoms with van der Waals surface area (Å²) >= 11 is 0. The highest BCUT2D eigenvalue weighted by Crippen LogP contribution is 2.29. The van der Waals surface area contributed by atoms with Crippen molar-refractivity contribution in [3.05, 3.63) is 0 Å². The molecule has 0 saturated carbocycles. The molecule has 2 saturated heterocycles. The van der Waals surface area contributed by atoms with Gasteiger partial charge in [0.15, 0.2) is 12.6 Å². The first kappa shape index (κ1) is 21.4. The molecule has 2 aliphatic heterocycles. The molecule has 0 spiro atoms. The van der Waals surface area contributed by atoms with Gasteiger partial charge in [-0.25, -0.2) is 0 Å². The molecule has 2 aliphatic rings. The van der Waals surface area contributed by atoms with Crippen LogP contribution in [0.25, 0.3) is 0 Å². The average molecular weight is 380 g/mol. The van der Waals surface area contributed by atoms with E-state index in [0.29, 0.717) is 0 Å². The average Bonchev–Trinajstić information content (AvgIpc) is 2.64. The van der Waals surface area contributed by atoms with Crippen molar-refractivity contribution in [2.24, 2.45) is 0 Å². The summed E-state index contributed by atoms with van der Waals surface area (Å²) in [6.07, 6.45) is -9.78. The zero-order valence-corrected chi connectivity index (χ0v) is 13.7. The maximum atomic E-state index is 10.3. The predicted octanol–water partition coefficient (Wildman–Crippen LogP) is -4.74. The van der Waals surface area contributed by atoms with Gasteiger partial charge >= 0.3 is 0 Å². The molecule has 0 radical (unpaired) electrons. The molecular formula is C15H24O11. The largest absolute Gasteiger partial charge is 0.394 e. The highest BCUT2D eigenvalue weighted by atomic mass is 16.7. The van der Waals surface area contributed by atoms with Gasteiger partial charge in [-0.15, -0.1) is 6.42 Å². The normalized spacial score (nSPS) is 46.7. The number of aliphatic hydroxyl groups is 7. The second-order valence-electron chi connectivity index (χ2n) is 6.02. The lowest BCUT2D eigenvalue weighted by Gasteiger charge is -2.45. The number of hydrogen-bond acceptors (Lipinski definition) is 11. The molecule has 0 bridgehead atoms. The number of aliphatic hydroxyl groups excluding tert-OH is 7. The van der Waals surface area contributed by atoms with Gasteiger partial charge in [-0.2, -0.15) is 0 Å². The molecule has 0 aromatic rings. The first-order valence-corrected chi connectivity index (χ1v) is 7.99. The fourth-order valence-corrected chi connectivity index (χ4v) is 2.82. The Labute approximate surface area is 149 Å². The molecule has 2 fully saturated rings. The summed E-state index contributed by atoms with van der Waals surface area (Å²) in [5.41, 5.74) is 0. The standard InChI is InChI=1S/C15H24O11/c1-2-3-23-14-12(22)10(20)13(7(5-17)25-14)26-15-11(21)9(19)8(18)6(4-16)24-15/h1,6-22H,3-5H2/t6?,7-,8-,9?,10?,11-,12?,13+,14+,15-/m0/s1. The van der Waals surface area contributed by atoms with Crippen LogP contribution < -0.4 is 0 Å². The van der Waals surface area contributed by atoms with Crippen LogP contribution in [0.4, 0.5) is 0 Å². The Balaban J connectivity index is 2.10. The van der Waals surface area contributed by atoms with Crippen molar-refractivity contribution >= 4 is 0 Å². The van der Waals surface area contributed by atoms with E-state index < -0.39 is 74.6 Å². The molecule has 26 heavy (non-hydrogen) atoms. The highest BCUT2D eigenvalue weighted by Gasteiger charge is 2.50. The van der Waals surface area contributed by atoms with E-state index in [1.54, 1.807) is 0 Å². The van der Waals surface area contributed by atoms with Gasteiger partial charge in [-0.3, -0.25) is 0 Å². The summed E-state index contributed by atoms with van der Waals surface area (Å²) in [5.74, 6) is 2.17. The lowest BCUT2D eigenvalue weighted by atomic mass is 9.97. The number of rotatable bonds is 6. The smallest absolute Gasteiger partial charge is 0.187 e. The van der Waals surface area contributed by atoms with Gasteiger partial charge in [0.25, 0.3) is 0 Å². The highest BCUT2D eigenvalue weighted by molar-refractivity contribution is 4.94. The second-order valence-corrected chi connectivity index (χ2v) is 6.02. The lowest BCUT2D eigenvalue weighted by molar-refractivity contribution is -0.358. The molecule has 4 unspecified atom stereocenters. The Morgan fingerprint density at radius 3 is 1.92 bits per heavy atom. The van der Waals surface area contributed by atoms with E-state index in [1.807, 2.05) is 0 Å². The first-order chi connectivity index (χ1) is 12.3. The third kappa shape index (κ3) is 4.33. The van der Waals surface area contributed by atoms with Crippen molar-refractivity contribution in [3.63, 3.8) is 0 Å². The van der Waals surface area contributed by atoms with Crippen LogP contribution in [0.5, 0.6) is 0 Å². The van der Waals surface area contributed by atoms with E-state index in [2.05, 4.69) is 5.92 Å². The Morgan fingerprint density at radius 2 is 1.35 bits per heavy atom. The zero-order chi connectivity index (χ0) is 19.4. The van der Waals surface area contributed by atoms with E-state index in [1.165, 1.54) is 0 Å². The molecule has 0 amide bonds. The summed E-state index contributed by atoms with van der Waals surface area (Å²) in [5, 5.41) is 68.5. The molecule has 2 rings (SSSR count). The minimum atomic E-state index is -1.72. The first-order valence-electron chi connectivity index (χ1n) is 7.99. The molecule has 0 aromatic heterocycles. The minimum absolute atomic E-state index is 0.204. The van der Waals surface area contributed by atoms with E-state index >= 15 is 0 Å². The minimum Gasteiger partial charge on any atom is -0.394 e. The summed E-state index contributed by atoms with van der Waals surface area (Å²) in [6, 6.07) is 0. The molecular weight excluding hydrogens is 356 g/mol. The third-order valence-electron chi connectivity index (χ3n) is 4.29. The third-order valence-corrected chi connectivity index (χ3v) is 4.29. The molecule has 11 nitrogen and oxygen atoms in total. The monoisotopic (exact) mass is 380 g/mol. The van der Waals surface area contributed by atoms with Gasteiger partial charge < -0.3 is 54.7 Å². The van der Waals surface area contributed by atoms with Gasteiger partial charge in [0.2, 0.25) is 0 Å². The van der Waals surface area contributed by atoms with Crippen molar-refractivity contribution in [2.75, 3.05) is 19.8 Å². The predicted molar refractivity (Wildman–Crippen MR) is 81.2 cm³/mol. The van der Waals surface area contributed by atoms with Crippen LogP contribution in [0.2, 0.25) is 0 Å². The van der Waals surface area contributed by atoms with E-state index in [0.717, 1.165) is 0 Å². The van der Waals surface area contributed by atoms with Crippen molar-refractivity contribution in [1.82, 2.24) is 0 Å². The fraction of sp³-hybridized carbons (Fsp3) is 0.867. The van der Waals surface area contributed by atoms with E-state index in [9.17, 15) is 35.7 Å². The van der Waals surface area contributed by atoms with Crippen LogP contribution in [0.3, 0.4) is 0 Å². The van der Waals surface area contributed by atoms with Gasteiger partial charge in [0.05, 0.1) is 13.2 Å². The Hall–Kier alpha value is -0.880. The van der Waals surface area contributed by atoms with Crippen molar-refractivity contribution in [3.8, 4) is 12.3 Å². The van der Waals surface area contributed by atoms with E-state index in [4.69, 9.17) is 25.4 Å². The van der Waals surface area contributed by atoms with Crippen LogP contribution in [0.15, 0.2) is 0 Å². The van der Waals surface area contributed by atoms with Crippen LogP contribution in [-0.4, -0.2) is 117 Å². The Morgan fingerprint density at radius 1 is 0.769 bits per heavy atom. The molecule has 2 heterocycles. The van der Waals surface area contributed by atoms with Gasteiger partial charge in [-0.05, 0) is 0 Å². The van der Waals surface area contributed by atoms with Crippen LogP contribution in [0, 0.1) is 12.3 Å². The fourth-order valence-electron chi connectivity index (χ4n) is 2.82. The molecule has 11 heteroatoms. The molecule has 150 valence electrons. The topological polar surface area (TPSA) is 179 Å².